The predicted octanol–water partition coefficient (Wildman–Crippen LogP) is 2.23. The third-order valence-electron chi connectivity index (χ3n) is 1.73. The van der Waals surface area contributed by atoms with Crippen LogP contribution in [0.5, 0.6) is 5.75 Å². The fourth-order valence-corrected chi connectivity index (χ4v) is 1.18. The minimum atomic E-state index is -2.61. The van der Waals surface area contributed by atoms with Gasteiger partial charge in [0.25, 0.3) is 11.4 Å². The van der Waals surface area contributed by atoms with Crippen LogP contribution in [0.2, 0.25) is 0 Å². The first-order valence-electron chi connectivity index (χ1n) is 4.07. The largest absolute Gasteiger partial charge is 0.508 e. The van der Waals surface area contributed by atoms with Gasteiger partial charge in [-0.1, -0.05) is 30.3 Å². The Balaban J connectivity index is 0.000000245. The molecule has 0 aliphatic rings. The van der Waals surface area contributed by atoms with Gasteiger partial charge in [-0.3, -0.25) is 9.11 Å². The first-order chi connectivity index (χ1) is 7.09. The highest BCUT2D eigenvalue weighted by molar-refractivity contribution is 7.73. The van der Waals surface area contributed by atoms with E-state index >= 15 is 0 Å². The summed E-state index contributed by atoms with van der Waals surface area (Å²) >= 11 is -2.61. The van der Waals surface area contributed by atoms with Crippen molar-refractivity contribution in [3.8, 4) is 5.75 Å². The lowest BCUT2D eigenvalue weighted by Gasteiger charge is -1.96. The number of hydrogen-bond donors (Lipinski definition) is 3. The summed E-state index contributed by atoms with van der Waals surface area (Å²) in [7, 11) is 0. The minimum absolute atomic E-state index is 0.323. The van der Waals surface area contributed by atoms with Gasteiger partial charge in [0.05, 0.1) is 0 Å². The molecule has 0 atom stereocenters. The topological polar surface area (TPSA) is 77.8 Å². The maximum atomic E-state index is 9.13. The number of hydrogen-bond acceptors (Lipinski definition) is 2. The van der Waals surface area contributed by atoms with Crippen LogP contribution in [0.15, 0.2) is 42.5 Å². The molecular formula is C10H10O4S. The molecule has 4 nitrogen and oxygen atoms in total. The molecule has 0 unspecified atom stereocenters. The highest BCUT2D eigenvalue weighted by Gasteiger charge is 1.91. The first-order valence-corrected chi connectivity index (χ1v) is 5.13. The van der Waals surface area contributed by atoms with Gasteiger partial charge in [-0.25, -0.2) is 0 Å². The summed E-state index contributed by atoms with van der Waals surface area (Å²) in [6, 6.07) is 13.3. The van der Waals surface area contributed by atoms with Crippen molar-refractivity contribution in [1.29, 1.82) is 0 Å². The molecule has 3 N–H and O–H groups in total. The molecule has 0 radical (unpaired) electrons. The summed E-state index contributed by atoms with van der Waals surface area (Å²) < 4.78 is 22.8. The highest BCUT2D eigenvalue weighted by atomic mass is 32.2. The van der Waals surface area contributed by atoms with E-state index in [2.05, 4.69) is 0 Å². The molecule has 0 fully saturated rings. The summed E-state index contributed by atoms with van der Waals surface area (Å²) in [4.78, 5) is 0. The van der Waals surface area contributed by atoms with Crippen molar-refractivity contribution < 1.29 is 18.4 Å². The van der Waals surface area contributed by atoms with Gasteiger partial charge < -0.3 is 5.11 Å². The molecule has 15 heavy (non-hydrogen) atoms. The summed E-state index contributed by atoms with van der Waals surface area (Å²) in [6.07, 6.45) is 0. The van der Waals surface area contributed by atoms with Crippen molar-refractivity contribution in [2.75, 3.05) is 0 Å². The van der Waals surface area contributed by atoms with Gasteiger partial charge in [-0.15, -0.1) is 0 Å². The summed E-state index contributed by atoms with van der Waals surface area (Å²) in [5.74, 6) is 0.323. The molecule has 2 aromatic carbocycles. The van der Waals surface area contributed by atoms with Crippen molar-refractivity contribution in [1.82, 2.24) is 0 Å². The van der Waals surface area contributed by atoms with Gasteiger partial charge in [-0.2, -0.15) is 4.21 Å². The van der Waals surface area contributed by atoms with Gasteiger partial charge >= 0.3 is 0 Å². The standard InChI is InChI=1S/C10H8O.H2O3S/c11-10-6-5-8-3-1-2-4-9(8)7-10;1-4(2)3/h1-7,11H;(H2,1,2,3). The molecular weight excluding hydrogens is 216 g/mol. The van der Waals surface area contributed by atoms with Crippen LogP contribution in [0, 0.1) is 0 Å². The smallest absolute Gasteiger partial charge is 0.299 e. The second-order valence-corrected chi connectivity index (χ2v) is 3.22. The average molecular weight is 226 g/mol. The van der Waals surface area contributed by atoms with Gasteiger partial charge in [0.1, 0.15) is 5.75 Å². The van der Waals surface area contributed by atoms with Crippen molar-refractivity contribution in [2.24, 2.45) is 0 Å². The molecule has 2 aromatic rings. The lowest BCUT2D eigenvalue weighted by atomic mass is 10.1. The molecule has 5 heteroatoms. The molecule has 0 aliphatic heterocycles. The lowest BCUT2D eigenvalue weighted by molar-refractivity contribution is 0.454. The third kappa shape index (κ3) is 4.07. The van der Waals surface area contributed by atoms with Gasteiger partial charge in [0.2, 0.25) is 0 Å². The Hall–Kier alpha value is -1.43. The maximum Gasteiger partial charge on any atom is 0.299 e. The molecule has 0 saturated heterocycles. The van der Waals surface area contributed by atoms with Crippen LogP contribution in [0.3, 0.4) is 0 Å². The predicted molar refractivity (Wildman–Crippen MR) is 59.0 cm³/mol. The van der Waals surface area contributed by atoms with E-state index in [-0.39, 0.29) is 0 Å². The van der Waals surface area contributed by atoms with E-state index in [1.54, 1.807) is 12.1 Å². The van der Waals surface area contributed by atoms with Crippen LogP contribution in [0.4, 0.5) is 0 Å². The zero-order valence-corrected chi connectivity index (χ0v) is 8.52. The van der Waals surface area contributed by atoms with E-state index in [0.717, 1.165) is 10.8 Å². The monoisotopic (exact) mass is 226 g/mol. The summed E-state index contributed by atoms with van der Waals surface area (Å²) in [6.45, 7) is 0. The Morgan fingerprint density at radius 3 is 2.07 bits per heavy atom. The second-order valence-electron chi connectivity index (χ2n) is 2.76. The van der Waals surface area contributed by atoms with E-state index < -0.39 is 11.4 Å². The van der Waals surface area contributed by atoms with E-state index in [4.69, 9.17) is 18.4 Å². The average Bonchev–Trinajstić information content (AvgIpc) is 2.16. The van der Waals surface area contributed by atoms with Gasteiger partial charge in [0.15, 0.2) is 0 Å². The van der Waals surface area contributed by atoms with Crippen LogP contribution >= 0.6 is 0 Å². The number of benzene rings is 2. The van der Waals surface area contributed by atoms with Crippen LogP contribution in [0.25, 0.3) is 10.8 Å². The zero-order chi connectivity index (χ0) is 11.3. The lowest BCUT2D eigenvalue weighted by Crippen LogP contribution is -1.74. The number of phenols is 1. The second kappa shape index (κ2) is 5.45. The fourth-order valence-electron chi connectivity index (χ4n) is 1.18. The number of fused-ring (bicyclic) bond motifs is 1. The molecule has 0 saturated carbocycles. The summed E-state index contributed by atoms with van der Waals surface area (Å²) in [5, 5.41) is 11.4. The Bertz CT molecular complexity index is 466. The Labute approximate surface area is 89.3 Å². The summed E-state index contributed by atoms with van der Waals surface area (Å²) in [5.41, 5.74) is 0. The van der Waals surface area contributed by atoms with Gasteiger partial charge in [0, 0.05) is 0 Å². The highest BCUT2D eigenvalue weighted by Crippen LogP contribution is 2.18. The zero-order valence-electron chi connectivity index (χ0n) is 7.70. The molecule has 0 amide bonds. The van der Waals surface area contributed by atoms with E-state index in [1.807, 2.05) is 30.3 Å². The SMILES string of the molecule is O=S(O)O.Oc1ccc2ccccc2c1. The molecule has 0 aromatic heterocycles. The van der Waals surface area contributed by atoms with Crippen molar-refractivity contribution in [3.05, 3.63) is 42.5 Å². The third-order valence-corrected chi connectivity index (χ3v) is 1.73. The molecule has 80 valence electrons. The van der Waals surface area contributed by atoms with Crippen molar-refractivity contribution in [2.45, 2.75) is 0 Å². The quantitative estimate of drug-likeness (QED) is 0.602. The Morgan fingerprint density at radius 1 is 0.933 bits per heavy atom. The van der Waals surface area contributed by atoms with E-state index in [0.29, 0.717) is 5.75 Å². The van der Waals surface area contributed by atoms with Crippen LogP contribution in [-0.4, -0.2) is 18.4 Å². The van der Waals surface area contributed by atoms with E-state index in [1.165, 1.54) is 0 Å². The van der Waals surface area contributed by atoms with Crippen LogP contribution in [-0.2, 0) is 11.4 Å². The first kappa shape index (κ1) is 11.6. The van der Waals surface area contributed by atoms with E-state index in [9.17, 15) is 0 Å². The van der Waals surface area contributed by atoms with Crippen LogP contribution in [0.1, 0.15) is 0 Å². The Morgan fingerprint density at radius 2 is 1.47 bits per heavy atom. The van der Waals surface area contributed by atoms with Crippen LogP contribution < -0.4 is 0 Å². The number of aromatic hydroxyl groups is 1. The molecule has 0 spiro atoms. The normalized spacial score (nSPS) is 9.80. The fraction of sp³-hybridized carbons (Fsp3) is 0. The molecule has 0 bridgehead atoms. The Kier molecular flexibility index (Phi) is 4.23. The van der Waals surface area contributed by atoms with Gasteiger partial charge in [-0.05, 0) is 22.9 Å². The number of phenolic OH excluding ortho intramolecular Hbond substituents is 1. The molecule has 0 heterocycles. The van der Waals surface area contributed by atoms with Crippen molar-refractivity contribution >= 4 is 22.1 Å². The van der Waals surface area contributed by atoms with Crippen molar-refractivity contribution in [3.63, 3.8) is 0 Å². The minimum Gasteiger partial charge on any atom is -0.508 e. The molecule has 2 rings (SSSR count). The number of rotatable bonds is 0. The maximum absolute atomic E-state index is 9.13. The molecule has 0 aliphatic carbocycles.